The number of para-hydroxylation sites is 1. The third-order valence-electron chi connectivity index (χ3n) is 2.52. The van der Waals surface area contributed by atoms with Crippen LogP contribution >= 0.6 is 0 Å². The van der Waals surface area contributed by atoms with Crippen molar-refractivity contribution in [3.05, 3.63) is 60.7 Å². The van der Waals surface area contributed by atoms with Crippen LogP contribution in [0, 0.1) is 0 Å². The lowest BCUT2D eigenvalue weighted by atomic mass is 10.3. The Kier molecular flexibility index (Phi) is 4.39. The summed E-state index contributed by atoms with van der Waals surface area (Å²) in [4.78, 5) is 11.9. The lowest BCUT2D eigenvalue weighted by Crippen LogP contribution is -2.22. The molecule has 1 unspecified atom stereocenters. The standard InChI is InChI=1S/C15H15N3O/c1-12(17-18-14-10-6-3-7-11-14)15(19)16-13-8-4-2-5-9-13/h2-12H,1H3,(H,16,19). The molecule has 0 saturated carbocycles. The fraction of sp³-hybridized carbons (Fsp3) is 0.133. The van der Waals surface area contributed by atoms with Crippen LogP contribution in [0.5, 0.6) is 0 Å². The van der Waals surface area contributed by atoms with Crippen molar-refractivity contribution in [2.75, 3.05) is 5.32 Å². The molecule has 0 aliphatic rings. The minimum absolute atomic E-state index is 0.175. The number of anilines is 1. The van der Waals surface area contributed by atoms with Gasteiger partial charge in [0.2, 0.25) is 0 Å². The van der Waals surface area contributed by atoms with E-state index in [0.29, 0.717) is 0 Å². The molecular formula is C15H15N3O. The maximum absolute atomic E-state index is 11.9. The average molecular weight is 253 g/mol. The average Bonchev–Trinajstić information content (AvgIpc) is 2.47. The van der Waals surface area contributed by atoms with Crippen molar-refractivity contribution in [2.45, 2.75) is 13.0 Å². The Morgan fingerprint density at radius 3 is 2.21 bits per heavy atom. The third kappa shape index (κ3) is 4.03. The number of carbonyl (C=O) groups excluding carboxylic acids is 1. The van der Waals surface area contributed by atoms with Gasteiger partial charge in [0, 0.05) is 5.69 Å². The van der Waals surface area contributed by atoms with E-state index < -0.39 is 6.04 Å². The SMILES string of the molecule is CC(N=Nc1ccccc1)C(=O)Nc1ccccc1. The molecular weight excluding hydrogens is 238 g/mol. The maximum atomic E-state index is 11.9. The fourth-order valence-electron chi connectivity index (χ4n) is 1.47. The van der Waals surface area contributed by atoms with Crippen LogP contribution in [0.4, 0.5) is 11.4 Å². The van der Waals surface area contributed by atoms with Crippen LogP contribution in [0.3, 0.4) is 0 Å². The molecule has 4 heteroatoms. The second kappa shape index (κ2) is 6.44. The van der Waals surface area contributed by atoms with Crippen LogP contribution in [-0.2, 0) is 4.79 Å². The summed E-state index contributed by atoms with van der Waals surface area (Å²) in [5.41, 5.74) is 1.50. The van der Waals surface area contributed by atoms with E-state index in [4.69, 9.17) is 0 Å². The monoisotopic (exact) mass is 253 g/mol. The van der Waals surface area contributed by atoms with Gasteiger partial charge in [-0.05, 0) is 31.2 Å². The highest BCUT2D eigenvalue weighted by Crippen LogP contribution is 2.12. The lowest BCUT2D eigenvalue weighted by Gasteiger charge is -2.07. The fourth-order valence-corrected chi connectivity index (χ4v) is 1.47. The molecule has 2 aromatic rings. The van der Waals surface area contributed by atoms with E-state index >= 15 is 0 Å². The number of nitrogens with one attached hydrogen (secondary N) is 1. The lowest BCUT2D eigenvalue weighted by molar-refractivity contribution is -0.117. The number of hydrogen-bond donors (Lipinski definition) is 1. The Morgan fingerprint density at radius 2 is 1.58 bits per heavy atom. The van der Waals surface area contributed by atoms with E-state index in [2.05, 4.69) is 15.5 Å². The molecule has 1 amide bonds. The molecule has 0 radical (unpaired) electrons. The van der Waals surface area contributed by atoms with Crippen molar-refractivity contribution < 1.29 is 4.79 Å². The first-order chi connectivity index (χ1) is 9.25. The second-order valence-corrected chi connectivity index (χ2v) is 4.08. The Labute approximate surface area is 112 Å². The van der Waals surface area contributed by atoms with Gasteiger partial charge < -0.3 is 5.32 Å². The molecule has 0 aliphatic carbocycles. The minimum Gasteiger partial charge on any atom is -0.324 e. The minimum atomic E-state index is -0.527. The first-order valence-corrected chi connectivity index (χ1v) is 6.07. The van der Waals surface area contributed by atoms with Gasteiger partial charge in [0.15, 0.2) is 0 Å². The second-order valence-electron chi connectivity index (χ2n) is 4.08. The summed E-state index contributed by atoms with van der Waals surface area (Å²) in [5, 5.41) is 10.8. The van der Waals surface area contributed by atoms with Crippen LogP contribution in [-0.4, -0.2) is 11.9 Å². The highest BCUT2D eigenvalue weighted by atomic mass is 16.2. The molecule has 19 heavy (non-hydrogen) atoms. The molecule has 1 N–H and O–H groups in total. The zero-order valence-electron chi connectivity index (χ0n) is 10.7. The Morgan fingerprint density at radius 1 is 1.00 bits per heavy atom. The molecule has 0 fully saturated rings. The molecule has 0 spiro atoms. The van der Waals surface area contributed by atoms with Crippen LogP contribution in [0.15, 0.2) is 70.9 Å². The molecule has 2 rings (SSSR count). The zero-order chi connectivity index (χ0) is 13.5. The topological polar surface area (TPSA) is 53.8 Å². The predicted molar refractivity (Wildman–Crippen MR) is 75.5 cm³/mol. The van der Waals surface area contributed by atoms with Gasteiger partial charge in [0.1, 0.15) is 6.04 Å². The quantitative estimate of drug-likeness (QED) is 0.828. The maximum Gasteiger partial charge on any atom is 0.250 e. The number of azo groups is 1. The third-order valence-corrected chi connectivity index (χ3v) is 2.52. The van der Waals surface area contributed by atoms with Crippen LogP contribution in [0.25, 0.3) is 0 Å². The van der Waals surface area contributed by atoms with Crippen molar-refractivity contribution in [1.29, 1.82) is 0 Å². The summed E-state index contributed by atoms with van der Waals surface area (Å²) in [6, 6.07) is 18.1. The first-order valence-electron chi connectivity index (χ1n) is 6.07. The molecule has 0 heterocycles. The largest absolute Gasteiger partial charge is 0.324 e. The summed E-state index contributed by atoms with van der Waals surface area (Å²) in [6.07, 6.45) is 0. The van der Waals surface area contributed by atoms with Gasteiger partial charge in [0.05, 0.1) is 5.69 Å². The van der Waals surface area contributed by atoms with Crippen LogP contribution in [0.2, 0.25) is 0 Å². The summed E-state index contributed by atoms with van der Waals surface area (Å²) < 4.78 is 0. The van der Waals surface area contributed by atoms with Crippen molar-refractivity contribution in [3.8, 4) is 0 Å². The van der Waals surface area contributed by atoms with Crippen molar-refractivity contribution in [1.82, 2.24) is 0 Å². The zero-order valence-corrected chi connectivity index (χ0v) is 10.7. The van der Waals surface area contributed by atoms with E-state index in [1.54, 1.807) is 6.92 Å². The van der Waals surface area contributed by atoms with Crippen LogP contribution in [0.1, 0.15) is 6.92 Å². The predicted octanol–water partition coefficient (Wildman–Crippen LogP) is 3.80. The summed E-state index contributed by atoms with van der Waals surface area (Å²) >= 11 is 0. The Balaban J connectivity index is 1.95. The normalized spacial score (nSPS) is 12.3. The smallest absolute Gasteiger partial charge is 0.250 e. The van der Waals surface area contributed by atoms with Gasteiger partial charge in [-0.25, -0.2) is 0 Å². The van der Waals surface area contributed by atoms with Gasteiger partial charge >= 0.3 is 0 Å². The molecule has 96 valence electrons. The van der Waals surface area contributed by atoms with E-state index in [1.807, 2.05) is 60.7 Å². The summed E-state index contributed by atoms with van der Waals surface area (Å²) in [6.45, 7) is 1.71. The van der Waals surface area contributed by atoms with Crippen molar-refractivity contribution >= 4 is 17.3 Å². The highest BCUT2D eigenvalue weighted by molar-refractivity contribution is 5.94. The number of benzene rings is 2. The molecule has 2 aromatic carbocycles. The molecule has 0 aromatic heterocycles. The Bertz CT molecular complexity index is 552. The molecule has 0 bridgehead atoms. The van der Waals surface area contributed by atoms with Gasteiger partial charge in [-0.3, -0.25) is 4.79 Å². The number of rotatable bonds is 4. The molecule has 0 saturated heterocycles. The van der Waals surface area contributed by atoms with Gasteiger partial charge in [-0.15, -0.1) is 0 Å². The number of amides is 1. The molecule has 4 nitrogen and oxygen atoms in total. The summed E-state index contributed by atoms with van der Waals surface area (Å²) in [5.74, 6) is -0.175. The van der Waals surface area contributed by atoms with Gasteiger partial charge in [-0.1, -0.05) is 36.4 Å². The van der Waals surface area contributed by atoms with E-state index in [-0.39, 0.29) is 5.91 Å². The summed E-state index contributed by atoms with van der Waals surface area (Å²) in [7, 11) is 0. The van der Waals surface area contributed by atoms with Gasteiger partial charge in [-0.2, -0.15) is 10.2 Å². The van der Waals surface area contributed by atoms with E-state index in [9.17, 15) is 4.79 Å². The number of nitrogens with zero attached hydrogens (tertiary/aromatic N) is 2. The molecule has 0 aliphatic heterocycles. The van der Waals surface area contributed by atoms with E-state index in [0.717, 1.165) is 11.4 Å². The van der Waals surface area contributed by atoms with E-state index in [1.165, 1.54) is 0 Å². The molecule has 1 atom stereocenters. The number of carbonyl (C=O) groups is 1. The first kappa shape index (κ1) is 13.0. The van der Waals surface area contributed by atoms with Crippen LogP contribution < -0.4 is 5.32 Å². The highest BCUT2D eigenvalue weighted by Gasteiger charge is 2.11. The number of hydrogen-bond acceptors (Lipinski definition) is 3. The van der Waals surface area contributed by atoms with Crippen molar-refractivity contribution in [2.24, 2.45) is 10.2 Å². The Hall–Kier alpha value is -2.49. The van der Waals surface area contributed by atoms with Crippen molar-refractivity contribution in [3.63, 3.8) is 0 Å². The van der Waals surface area contributed by atoms with Gasteiger partial charge in [0.25, 0.3) is 5.91 Å².